The molecule has 0 bridgehead atoms. The number of nitrogens with two attached hydrogens (primary N) is 1. The number of nitrogen functional groups attached to an aromatic ring is 1. The summed E-state index contributed by atoms with van der Waals surface area (Å²) < 4.78 is 26.3. The second-order valence-electron chi connectivity index (χ2n) is 5.08. The first-order valence-electron chi connectivity index (χ1n) is 6.27. The minimum absolute atomic E-state index is 0.180. The van der Waals surface area contributed by atoms with Crippen molar-refractivity contribution >= 4 is 21.4 Å². The molecule has 20 heavy (non-hydrogen) atoms. The van der Waals surface area contributed by atoms with Crippen LogP contribution < -0.4 is 5.73 Å². The molecule has 1 atom stereocenters. The molecule has 8 heteroatoms. The molecular formula is C12H17N3O4S. The SMILES string of the molecule is CC(C1CC1)N(C)S(=O)(=O)c1cc(N)ccc1[N+](=O)[O-]. The van der Waals surface area contributed by atoms with E-state index in [2.05, 4.69) is 0 Å². The third kappa shape index (κ3) is 2.61. The summed E-state index contributed by atoms with van der Waals surface area (Å²) in [5.74, 6) is 0.329. The number of benzene rings is 1. The molecule has 1 unspecified atom stereocenters. The van der Waals surface area contributed by atoms with Crippen molar-refractivity contribution in [3.63, 3.8) is 0 Å². The Hall–Kier alpha value is -1.67. The van der Waals surface area contributed by atoms with Gasteiger partial charge in [-0.15, -0.1) is 0 Å². The van der Waals surface area contributed by atoms with Crippen molar-refractivity contribution in [2.75, 3.05) is 12.8 Å². The zero-order chi connectivity index (χ0) is 15.1. The number of nitro groups is 1. The molecule has 0 spiro atoms. The first kappa shape index (κ1) is 14.7. The van der Waals surface area contributed by atoms with Crippen molar-refractivity contribution in [3.8, 4) is 0 Å². The van der Waals surface area contributed by atoms with Crippen molar-refractivity contribution in [1.82, 2.24) is 4.31 Å². The molecule has 2 N–H and O–H groups in total. The first-order chi connectivity index (χ1) is 9.25. The van der Waals surface area contributed by atoms with Gasteiger partial charge in [-0.2, -0.15) is 4.31 Å². The van der Waals surface area contributed by atoms with Crippen LogP contribution in [-0.2, 0) is 10.0 Å². The van der Waals surface area contributed by atoms with Gasteiger partial charge in [0.2, 0.25) is 10.0 Å². The largest absolute Gasteiger partial charge is 0.399 e. The lowest BCUT2D eigenvalue weighted by Gasteiger charge is -2.24. The fraction of sp³-hybridized carbons (Fsp3) is 0.500. The second-order valence-corrected chi connectivity index (χ2v) is 7.05. The molecule has 0 heterocycles. The summed E-state index contributed by atoms with van der Waals surface area (Å²) in [4.78, 5) is 9.94. The predicted octanol–water partition coefficient (Wildman–Crippen LogP) is 1.60. The van der Waals surface area contributed by atoms with Crippen LogP contribution >= 0.6 is 0 Å². The Morgan fingerprint density at radius 1 is 1.45 bits per heavy atom. The smallest absolute Gasteiger partial charge is 0.289 e. The Balaban J connectivity index is 2.47. The molecule has 1 aromatic carbocycles. The molecule has 7 nitrogen and oxygen atoms in total. The van der Waals surface area contributed by atoms with E-state index in [9.17, 15) is 18.5 Å². The number of sulfonamides is 1. The van der Waals surface area contributed by atoms with Gasteiger partial charge in [0, 0.05) is 24.8 Å². The summed E-state index contributed by atoms with van der Waals surface area (Å²) >= 11 is 0. The van der Waals surface area contributed by atoms with E-state index in [0.717, 1.165) is 25.0 Å². The minimum Gasteiger partial charge on any atom is -0.399 e. The van der Waals surface area contributed by atoms with Crippen LogP contribution in [0, 0.1) is 16.0 Å². The highest BCUT2D eigenvalue weighted by Gasteiger charge is 2.38. The summed E-state index contributed by atoms with van der Waals surface area (Å²) in [7, 11) is -2.48. The number of rotatable bonds is 5. The fourth-order valence-electron chi connectivity index (χ4n) is 2.14. The molecule has 1 aliphatic carbocycles. The van der Waals surface area contributed by atoms with E-state index in [4.69, 9.17) is 5.73 Å². The maximum Gasteiger partial charge on any atom is 0.289 e. The van der Waals surface area contributed by atoms with Crippen LogP contribution in [0.1, 0.15) is 19.8 Å². The molecule has 1 saturated carbocycles. The molecule has 0 amide bonds. The Morgan fingerprint density at radius 3 is 2.55 bits per heavy atom. The van der Waals surface area contributed by atoms with Gasteiger partial charge in [0.1, 0.15) is 0 Å². The van der Waals surface area contributed by atoms with Crippen molar-refractivity contribution in [1.29, 1.82) is 0 Å². The summed E-state index contributed by atoms with van der Waals surface area (Å²) in [6, 6.07) is 3.41. The standard InChI is InChI=1S/C12H17N3O4S/c1-8(9-3-4-9)14(2)20(18,19)12-7-10(13)5-6-11(12)15(16)17/h5-9H,3-4,13H2,1-2H3. The van der Waals surface area contributed by atoms with Gasteiger partial charge in [0.15, 0.2) is 4.90 Å². The summed E-state index contributed by atoms with van der Waals surface area (Å²) in [6.45, 7) is 1.81. The van der Waals surface area contributed by atoms with Gasteiger partial charge in [-0.1, -0.05) is 0 Å². The molecule has 0 aliphatic heterocycles. The van der Waals surface area contributed by atoms with Gasteiger partial charge < -0.3 is 5.73 Å². The van der Waals surface area contributed by atoms with Gasteiger partial charge in [-0.3, -0.25) is 10.1 Å². The predicted molar refractivity (Wildman–Crippen MR) is 74.6 cm³/mol. The summed E-state index contributed by atoms with van der Waals surface area (Å²) in [6.07, 6.45) is 1.97. The third-order valence-corrected chi connectivity index (χ3v) is 5.69. The Bertz CT molecular complexity index is 640. The van der Waals surface area contributed by atoms with E-state index >= 15 is 0 Å². The van der Waals surface area contributed by atoms with Crippen LogP contribution in [-0.4, -0.2) is 30.7 Å². The summed E-state index contributed by atoms with van der Waals surface area (Å²) in [5, 5.41) is 11.0. The zero-order valence-electron chi connectivity index (χ0n) is 11.3. The van der Waals surface area contributed by atoms with Crippen molar-refractivity contribution < 1.29 is 13.3 Å². The molecule has 0 saturated heterocycles. The molecule has 2 rings (SSSR count). The fourth-order valence-corrected chi connectivity index (χ4v) is 3.75. The van der Waals surface area contributed by atoms with E-state index in [1.54, 1.807) is 0 Å². The molecular weight excluding hydrogens is 282 g/mol. The lowest BCUT2D eigenvalue weighted by atomic mass is 10.2. The van der Waals surface area contributed by atoms with E-state index in [0.29, 0.717) is 5.92 Å². The average Bonchev–Trinajstić information content (AvgIpc) is 3.20. The number of hydrogen-bond donors (Lipinski definition) is 1. The van der Waals surface area contributed by atoms with Crippen LogP contribution in [0.5, 0.6) is 0 Å². The number of hydrogen-bond acceptors (Lipinski definition) is 5. The van der Waals surface area contributed by atoms with Gasteiger partial charge in [0.25, 0.3) is 5.69 Å². The Kier molecular flexibility index (Phi) is 3.70. The van der Waals surface area contributed by atoms with Crippen LogP contribution in [0.25, 0.3) is 0 Å². The van der Waals surface area contributed by atoms with Crippen molar-refractivity contribution in [2.24, 2.45) is 5.92 Å². The lowest BCUT2D eigenvalue weighted by Crippen LogP contribution is -2.36. The zero-order valence-corrected chi connectivity index (χ0v) is 12.1. The van der Waals surface area contributed by atoms with E-state index in [1.807, 2.05) is 6.92 Å². The number of anilines is 1. The van der Waals surface area contributed by atoms with E-state index in [-0.39, 0.29) is 16.6 Å². The minimum atomic E-state index is -3.93. The van der Waals surface area contributed by atoms with E-state index < -0.39 is 20.6 Å². The maximum atomic E-state index is 12.5. The topological polar surface area (TPSA) is 107 Å². The Morgan fingerprint density at radius 2 is 2.05 bits per heavy atom. The second kappa shape index (κ2) is 5.02. The van der Waals surface area contributed by atoms with Crippen LogP contribution in [0.3, 0.4) is 0 Å². The molecule has 1 aromatic rings. The van der Waals surface area contributed by atoms with Crippen LogP contribution in [0.4, 0.5) is 11.4 Å². The number of nitrogens with zero attached hydrogens (tertiary/aromatic N) is 2. The highest BCUT2D eigenvalue weighted by molar-refractivity contribution is 7.89. The number of nitro benzene ring substituents is 1. The highest BCUT2D eigenvalue weighted by Crippen LogP contribution is 2.37. The quantitative estimate of drug-likeness (QED) is 0.505. The monoisotopic (exact) mass is 299 g/mol. The van der Waals surface area contributed by atoms with Gasteiger partial charge in [0.05, 0.1) is 4.92 Å². The lowest BCUT2D eigenvalue weighted by molar-refractivity contribution is -0.387. The maximum absolute atomic E-state index is 12.5. The first-order valence-corrected chi connectivity index (χ1v) is 7.71. The molecule has 0 radical (unpaired) electrons. The molecule has 1 aliphatic rings. The Labute approximate surface area is 117 Å². The molecule has 1 fully saturated rings. The third-order valence-electron chi connectivity index (χ3n) is 3.72. The van der Waals surface area contributed by atoms with Crippen molar-refractivity contribution in [2.45, 2.75) is 30.7 Å². The summed E-state index contributed by atoms with van der Waals surface area (Å²) in [5.41, 5.74) is 5.30. The van der Waals surface area contributed by atoms with E-state index in [1.165, 1.54) is 17.4 Å². The highest BCUT2D eigenvalue weighted by atomic mass is 32.2. The van der Waals surface area contributed by atoms with Crippen molar-refractivity contribution in [3.05, 3.63) is 28.3 Å². The van der Waals surface area contributed by atoms with Gasteiger partial charge in [-0.25, -0.2) is 8.42 Å². The molecule has 110 valence electrons. The van der Waals surface area contributed by atoms with Gasteiger partial charge >= 0.3 is 0 Å². The average molecular weight is 299 g/mol. The normalized spacial score (nSPS) is 17.1. The van der Waals surface area contributed by atoms with Crippen LogP contribution in [0.2, 0.25) is 0 Å². The molecule has 0 aromatic heterocycles. The van der Waals surface area contributed by atoms with Gasteiger partial charge in [-0.05, 0) is 37.8 Å². The van der Waals surface area contributed by atoms with Crippen LogP contribution in [0.15, 0.2) is 23.1 Å².